The number of esters is 1. The predicted molar refractivity (Wildman–Crippen MR) is 65.1 cm³/mol. The van der Waals surface area contributed by atoms with Gasteiger partial charge in [0.25, 0.3) is 0 Å². The molecule has 0 heterocycles. The van der Waals surface area contributed by atoms with Gasteiger partial charge in [0.1, 0.15) is 0 Å². The van der Waals surface area contributed by atoms with Crippen molar-refractivity contribution < 1.29 is 14.3 Å². The van der Waals surface area contributed by atoms with E-state index in [1.54, 1.807) is 25.1 Å². The molecular formula is C11H10BrClO3. The number of rotatable bonds is 3. The summed E-state index contributed by atoms with van der Waals surface area (Å²) in [5, 5.41) is -0.635. The molecule has 0 aliphatic heterocycles. The fourth-order valence-corrected chi connectivity index (χ4v) is 1.94. The number of benzene rings is 1. The molecule has 0 radical (unpaired) electrons. The van der Waals surface area contributed by atoms with Crippen LogP contribution in [0.5, 0.6) is 0 Å². The lowest BCUT2D eigenvalue weighted by Crippen LogP contribution is -2.13. The normalized spacial score (nSPS) is 12.0. The van der Waals surface area contributed by atoms with E-state index in [0.717, 1.165) is 0 Å². The molecule has 16 heavy (non-hydrogen) atoms. The van der Waals surface area contributed by atoms with E-state index in [9.17, 15) is 9.59 Å². The van der Waals surface area contributed by atoms with Gasteiger partial charge in [-0.3, -0.25) is 4.79 Å². The number of hydrogen-bond acceptors (Lipinski definition) is 3. The zero-order chi connectivity index (χ0) is 12.3. The van der Waals surface area contributed by atoms with E-state index in [4.69, 9.17) is 11.6 Å². The lowest BCUT2D eigenvalue weighted by atomic mass is 10.1. The van der Waals surface area contributed by atoms with Gasteiger partial charge < -0.3 is 4.74 Å². The Morgan fingerprint density at radius 3 is 2.44 bits per heavy atom. The molecule has 1 unspecified atom stereocenters. The number of ketones is 1. The number of Topliss-reactive ketones (excluding diaryl/α,β-unsaturated/α-hetero) is 1. The van der Waals surface area contributed by atoms with E-state index in [2.05, 4.69) is 20.7 Å². The third-order valence-corrected chi connectivity index (χ3v) is 3.08. The van der Waals surface area contributed by atoms with Crippen LogP contribution in [0.1, 0.15) is 27.6 Å². The fourth-order valence-electron chi connectivity index (χ4n) is 1.20. The first-order valence-corrected chi connectivity index (χ1v) is 5.77. The van der Waals surface area contributed by atoms with Crippen molar-refractivity contribution in [2.75, 3.05) is 7.11 Å². The molecule has 86 valence electrons. The van der Waals surface area contributed by atoms with Gasteiger partial charge in [-0.05, 0) is 28.9 Å². The van der Waals surface area contributed by atoms with Crippen LogP contribution in [0.3, 0.4) is 0 Å². The van der Waals surface area contributed by atoms with E-state index >= 15 is 0 Å². The molecule has 0 spiro atoms. The quantitative estimate of drug-likeness (QED) is 0.490. The molecule has 1 rings (SSSR count). The predicted octanol–water partition coefficient (Wildman–Crippen LogP) is 3.05. The first kappa shape index (κ1) is 13.2. The maximum atomic E-state index is 11.7. The Morgan fingerprint density at radius 2 is 1.94 bits per heavy atom. The summed E-state index contributed by atoms with van der Waals surface area (Å²) >= 11 is 8.93. The van der Waals surface area contributed by atoms with Gasteiger partial charge in [0.05, 0.1) is 18.1 Å². The highest BCUT2D eigenvalue weighted by Crippen LogP contribution is 2.24. The Labute approximate surface area is 107 Å². The van der Waals surface area contributed by atoms with Crippen LogP contribution in [0.2, 0.25) is 0 Å². The van der Waals surface area contributed by atoms with Crippen LogP contribution >= 0.6 is 27.5 Å². The summed E-state index contributed by atoms with van der Waals surface area (Å²) in [7, 11) is 1.29. The standard InChI is InChI=1S/C11H10BrClO3/c1-6(13)10(14)7-4-3-5-8(9(7)12)11(15)16-2/h3-6H,1-2H3. The van der Waals surface area contributed by atoms with Gasteiger partial charge in [-0.2, -0.15) is 0 Å². The van der Waals surface area contributed by atoms with Gasteiger partial charge >= 0.3 is 5.97 Å². The van der Waals surface area contributed by atoms with E-state index in [-0.39, 0.29) is 5.78 Å². The summed E-state index contributed by atoms with van der Waals surface area (Å²) < 4.78 is 5.02. The molecule has 0 amide bonds. The summed E-state index contributed by atoms with van der Waals surface area (Å²) in [4.78, 5) is 23.1. The first-order valence-electron chi connectivity index (χ1n) is 4.54. The Bertz CT molecular complexity index is 429. The molecule has 0 aliphatic rings. The van der Waals surface area contributed by atoms with E-state index in [1.165, 1.54) is 7.11 Å². The second-order valence-electron chi connectivity index (χ2n) is 3.14. The number of ether oxygens (including phenoxy) is 1. The zero-order valence-electron chi connectivity index (χ0n) is 8.79. The Balaban J connectivity index is 3.24. The molecule has 0 N–H and O–H groups in total. The molecule has 0 aliphatic carbocycles. The topological polar surface area (TPSA) is 43.4 Å². The van der Waals surface area contributed by atoms with Crippen molar-refractivity contribution in [1.82, 2.24) is 0 Å². The van der Waals surface area contributed by atoms with Crippen LogP contribution in [-0.4, -0.2) is 24.2 Å². The van der Waals surface area contributed by atoms with Crippen LogP contribution in [0.25, 0.3) is 0 Å². The Morgan fingerprint density at radius 1 is 1.38 bits per heavy atom. The average molecular weight is 306 g/mol. The van der Waals surface area contributed by atoms with Crippen LogP contribution in [0.4, 0.5) is 0 Å². The molecular weight excluding hydrogens is 295 g/mol. The molecule has 0 fully saturated rings. The molecule has 1 aromatic carbocycles. The van der Waals surface area contributed by atoms with Crippen LogP contribution in [0, 0.1) is 0 Å². The maximum absolute atomic E-state index is 11.7. The summed E-state index contributed by atoms with van der Waals surface area (Å²) in [5.74, 6) is -0.733. The summed E-state index contributed by atoms with van der Waals surface area (Å²) in [6.07, 6.45) is 0. The summed E-state index contributed by atoms with van der Waals surface area (Å²) in [5.41, 5.74) is 0.691. The molecule has 1 aromatic rings. The zero-order valence-corrected chi connectivity index (χ0v) is 11.1. The number of carbonyl (C=O) groups excluding carboxylic acids is 2. The van der Waals surface area contributed by atoms with Crippen molar-refractivity contribution in [3.63, 3.8) is 0 Å². The number of carbonyl (C=O) groups is 2. The van der Waals surface area contributed by atoms with Gasteiger partial charge in [0.15, 0.2) is 5.78 Å². The number of methoxy groups -OCH3 is 1. The molecule has 0 saturated heterocycles. The van der Waals surface area contributed by atoms with E-state index < -0.39 is 11.3 Å². The highest BCUT2D eigenvalue weighted by molar-refractivity contribution is 9.10. The maximum Gasteiger partial charge on any atom is 0.339 e. The Hall–Kier alpha value is -0.870. The van der Waals surface area contributed by atoms with Gasteiger partial charge in [-0.1, -0.05) is 12.1 Å². The summed E-state index contributed by atoms with van der Waals surface area (Å²) in [6, 6.07) is 4.80. The van der Waals surface area contributed by atoms with E-state index in [0.29, 0.717) is 15.6 Å². The number of hydrogen-bond donors (Lipinski definition) is 0. The highest BCUT2D eigenvalue weighted by Gasteiger charge is 2.20. The lowest BCUT2D eigenvalue weighted by Gasteiger charge is -2.08. The van der Waals surface area contributed by atoms with Crippen molar-refractivity contribution in [2.45, 2.75) is 12.3 Å². The van der Waals surface area contributed by atoms with Crippen molar-refractivity contribution in [2.24, 2.45) is 0 Å². The highest BCUT2D eigenvalue weighted by atomic mass is 79.9. The minimum absolute atomic E-state index is 0.237. The number of alkyl halides is 1. The third-order valence-electron chi connectivity index (χ3n) is 2.03. The molecule has 5 heteroatoms. The van der Waals surface area contributed by atoms with Crippen molar-refractivity contribution >= 4 is 39.3 Å². The Kier molecular flexibility index (Phi) is 4.50. The van der Waals surface area contributed by atoms with Gasteiger partial charge in [0, 0.05) is 10.0 Å². The molecule has 0 bridgehead atoms. The summed E-state index contributed by atoms with van der Waals surface area (Å²) in [6.45, 7) is 1.58. The minimum Gasteiger partial charge on any atom is -0.465 e. The van der Waals surface area contributed by atoms with Crippen molar-refractivity contribution in [3.8, 4) is 0 Å². The molecule has 3 nitrogen and oxygen atoms in total. The third kappa shape index (κ3) is 2.62. The first-order chi connectivity index (χ1) is 7.49. The second kappa shape index (κ2) is 5.46. The van der Waals surface area contributed by atoms with Gasteiger partial charge in [0.2, 0.25) is 0 Å². The molecule has 1 atom stereocenters. The van der Waals surface area contributed by atoms with Crippen molar-refractivity contribution in [3.05, 3.63) is 33.8 Å². The lowest BCUT2D eigenvalue weighted by molar-refractivity contribution is 0.0599. The average Bonchev–Trinajstić information content (AvgIpc) is 2.27. The SMILES string of the molecule is COC(=O)c1cccc(C(=O)C(C)Cl)c1Br. The van der Waals surface area contributed by atoms with E-state index in [1.807, 2.05) is 0 Å². The fraction of sp³-hybridized carbons (Fsp3) is 0.273. The smallest absolute Gasteiger partial charge is 0.339 e. The monoisotopic (exact) mass is 304 g/mol. The van der Waals surface area contributed by atoms with Crippen molar-refractivity contribution in [1.29, 1.82) is 0 Å². The number of halogens is 2. The van der Waals surface area contributed by atoms with Crippen LogP contribution in [0.15, 0.2) is 22.7 Å². The second-order valence-corrected chi connectivity index (χ2v) is 4.59. The van der Waals surface area contributed by atoms with Crippen LogP contribution < -0.4 is 0 Å². The molecule has 0 aromatic heterocycles. The van der Waals surface area contributed by atoms with Crippen LogP contribution in [-0.2, 0) is 4.74 Å². The van der Waals surface area contributed by atoms with Gasteiger partial charge in [-0.15, -0.1) is 11.6 Å². The molecule has 0 saturated carbocycles. The largest absolute Gasteiger partial charge is 0.465 e. The minimum atomic E-state index is -0.635. The van der Waals surface area contributed by atoms with Gasteiger partial charge in [-0.25, -0.2) is 4.79 Å².